The Kier molecular flexibility index (Phi) is 9.26. The Bertz CT molecular complexity index is 795. The fraction of sp³-hybridized carbons (Fsp3) is 0.417. The van der Waals surface area contributed by atoms with Crippen molar-refractivity contribution in [3.05, 3.63) is 70.5 Å². The van der Waals surface area contributed by atoms with Crippen molar-refractivity contribution in [2.24, 2.45) is 0 Å². The normalized spacial score (nSPS) is 11.6. The molecule has 2 aromatic carbocycles. The monoisotopic (exact) mass is 404 g/mol. The first kappa shape index (κ1) is 23.0. The molecule has 158 valence electrons. The predicted molar refractivity (Wildman–Crippen MR) is 115 cm³/mol. The van der Waals surface area contributed by atoms with E-state index in [9.17, 15) is 13.2 Å². The van der Waals surface area contributed by atoms with Gasteiger partial charge in [-0.2, -0.15) is 0 Å². The molecule has 0 aromatic heterocycles. The number of unbranched alkanes of at least 4 members (excludes halogenated alkanes) is 1. The van der Waals surface area contributed by atoms with Gasteiger partial charge in [-0.3, -0.25) is 4.90 Å². The topological polar surface area (TPSA) is 15.3 Å². The molecule has 0 saturated carbocycles. The van der Waals surface area contributed by atoms with Gasteiger partial charge in [0.25, 0.3) is 0 Å². The second-order valence-corrected chi connectivity index (χ2v) is 7.21. The number of hydrogen-bond donors (Lipinski definition) is 1. The molecule has 0 heterocycles. The van der Waals surface area contributed by atoms with Crippen LogP contribution in [0.3, 0.4) is 0 Å². The Hall–Kier alpha value is -2.27. The average molecular weight is 405 g/mol. The molecule has 0 aliphatic rings. The van der Waals surface area contributed by atoms with E-state index in [1.165, 1.54) is 24.3 Å². The van der Waals surface area contributed by atoms with Gasteiger partial charge in [-0.15, -0.1) is 0 Å². The van der Waals surface area contributed by atoms with Crippen LogP contribution in [0.1, 0.15) is 56.7 Å². The molecule has 0 bridgehead atoms. The standard InChI is InChI=1S/C24H31F3N2/c1-4-7-13-29(12-6-3)17-18-10-8-11-22(25)21(18)16-28-19-14-23(26)20(9-5-2)24(27)15-19/h5,8-11,14-15,28H,4,6-7,12-13,16-17H2,1-3H3/b9-5+. The molecular formula is C24H31F3N2. The molecule has 0 fully saturated rings. The van der Waals surface area contributed by atoms with Crippen LogP contribution in [-0.2, 0) is 13.1 Å². The molecule has 0 saturated heterocycles. The molecular weight excluding hydrogens is 373 g/mol. The fourth-order valence-corrected chi connectivity index (χ4v) is 3.36. The summed E-state index contributed by atoms with van der Waals surface area (Å²) in [7, 11) is 0. The van der Waals surface area contributed by atoms with Gasteiger partial charge >= 0.3 is 0 Å². The Morgan fingerprint density at radius 3 is 2.31 bits per heavy atom. The molecule has 0 atom stereocenters. The van der Waals surface area contributed by atoms with Crippen LogP contribution in [0.2, 0.25) is 0 Å². The maximum Gasteiger partial charge on any atom is 0.135 e. The Morgan fingerprint density at radius 1 is 0.966 bits per heavy atom. The molecule has 0 aliphatic heterocycles. The minimum absolute atomic E-state index is 0.0734. The predicted octanol–water partition coefficient (Wildman–Crippen LogP) is 6.76. The van der Waals surface area contributed by atoms with E-state index in [0.29, 0.717) is 17.8 Å². The Balaban J connectivity index is 2.19. The zero-order chi connectivity index (χ0) is 21.2. The van der Waals surface area contributed by atoms with Gasteiger partial charge in [0.2, 0.25) is 0 Å². The van der Waals surface area contributed by atoms with Crippen LogP contribution in [0.15, 0.2) is 36.4 Å². The molecule has 2 nitrogen and oxygen atoms in total. The molecule has 0 aliphatic carbocycles. The van der Waals surface area contributed by atoms with Crippen molar-refractivity contribution in [1.29, 1.82) is 0 Å². The number of nitrogens with zero attached hydrogens (tertiary/aromatic N) is 1. The van der Waals surface area contributed by atoms with Gasteiger partial charge in [0, 0.05) is 29.9 Å². The van der Waals surface area contributed by atoms with Crippen molar-refractivity contribution in [2.75, 3.05) is 18.4 Å². The highest BCUT2D eigenvalue weighted by molar-refractivity contribution is 5.57. The lowest BCUT2D eigenvalue weighted by Crippen LogP contribution is -2.26. The van der Waals surface area contributed by atoms with Crippen LogP contribution in [0.5, 0.6) is 0 Å². The second kappa shape index (κ2) is 11.7. The summed E-state index contributed by atoms with van der Waals surface area (Å²) in [5, 5.41) is 2.98. The highest BCUT2D eigenvalue weighted by atomic mass is 19.1. The number of benzene rings is 2. The number of nitrogens with one attached hydrogen (secondary N) is 1. The first-order valence-electron chi connectivity index (χ1n) is 10.3. The Labute approximate surface area is 172 Å². The maximum absolute atomic E-state index is 14.5. The van der Waals surface area contributed by atoms with Crippen LogP contribution < -0.4 is 5.32 Å². The zero-order valence-electron chi connectivity index (χ0n) is 17.6. The summed E-state index contributed by atoms with van der Waals surface area (Å²) < 4.78 is 42.8. The Morgan fingerprint density at radius 2 is 1.69 bits per heavy atom. The van der Waals surface area contributed by atoms with Gasteiger partial charge in [-0.25, -0.2) is 13.2 Å². The van der Waals surface area contributed by atoms with Gasteiger partial charge in [0.1, 0.15) is 17.5 Å². The molecule has 0 radical (unpaired) electrons. The highest BCUT2D eigenvalue weighted by Gasteiger charge is 2.13. The van der Waals surface area contributed by atoms with Crippen LogP contribution in [0, 0.1) is 17.5 Å². The van der Waals surface area contributed by atoms with E-state index in [1.807, 2.05) is 6.07 Å². The van der Waals surface area contributed by atoms with Gasteiger partial charge in [-0.05, 0) is 56.6 Å². The third-order valence-electron chi connectivity index (χ3n) is 4.86. The third-order valence-corrected chi connectivity index (χ3v) is 4.86. The van der Waals surface area contributed by atoms with E-state index >= 15 is 0 Å². The van der Waals surface area contributed by atoms with Gasteiger partial charge < -0.3 is 5.32 Å². The SMILES string of the molecule is C/C=C/c1c(F)cc(NCc2c(F)cccc2CN(CCC)CCCC)cc1F. The molecule has 0 spiro atoms. The second-order valence-electron chi connectivity index (χ2n) is 7.21. The van der Waals surface area contributed by atoms with Crippen LogP contribution in [0.4, 0.5) is 18.9 Å². The maximum atomic E-state index is 14.5. The molecule has 1 N–H and O–H groups in total. The van der Waals surface area contributed by atoms with Crippen LogP contribution >= 0.6 is 0 Å². The summed E-state index contributed by atoms with van der Waals surface area (Å²) in [6.45, 7) is 8.73. The zero-order valence-corrected chi connectivity index (χ0v) is 17.6. The summed E-state index contributed by atoms with van der Waals surface area (Å²) in [4.78, 5) is 2.33. The summed E-state index contributed by atoms with van der Waals surface area (Å²) in [6.07, 6.45) is 6.21. The molecule has 2 rings (SSSR count). The lowest BCUT2D eigenvalue weighted by atomic mass is 10.1. The third kappa shape index (κ3) is 6.64. The van der Waals surface area contributed by atoms with Gasteiger partial charge in [-0.1, -0.05) is 44.6 Å². The van der Waals surface area contributed by atoms with Crippen molar-refractivity contribution in [1.82, 2.24) is 4.90 Å². The summed E-state index contributed by atoms with van der Waals surface area (Å²) in [5.41, 5.74) is 1.64. The van der Waals surface area contributed by atoms with E-state index in [1.54, 1.807) is 19.1 Å². The van der Waals surface area contributed by atoms with Crippen LogP contribution in [-0.4, -0.2) is 18.0 Å². The largest absolute Gasteiger partial charge is 0.381 e. The molecule has 0 amide bonds. The van der Waals surface area contributed by atoms with E-state index in [2.05, 4.69) is 24.1 Å². The number of halogens is 3. The first-order chi connectivity index (χ1) is 14.0. The minimum atomic E-state index is -0.645. The van der Waals surface area contributed by atoms with Crippen LogP contribution in [0.25, 0.3) is 6.08 Å². The van der Waals surface area contributed by atoms with Crippen molar-refractivity contribution >= 4 is 11.8 Å². The van der Waals surface area contributed by atoms with Gasteiger partial charge in [0.05, 0.1) is 0 Å². The van der Waals surface area contributed by atoms with Gasteiger partial charge in [0.15, 0.2) is 0 Å². The smallest absolute Gasteiger partial charge is 0.135 e. The summed E-state index contributed by atoms with van der Waals surface area (Å²) in [5.74, 6) is -1.60. The summed E-state index contributed by atoms with van der Waals surface area (Å²) in [6, 6.07) is 7.54. The number of rotatable bonds is 11. The van der Waals surface area contributed by atoms with Crippen molar-refractivity contribution in [2.45, 2.75) is 53.1 Å². The van der Waals surface area contributed by atoms with E-state index < -0.39 is 11.6 Å². The van der Waals surface area contributed by atoms with Crippen molar-refractivity contribution in [3.8, 4) is 0 Å². The quantitative estimate of drug-likeness (QED) is 0.445. The molecule has 29 heavy (non-hydrogen) atoms. The van der Waals surface area contributed by atoms with Crippen molar-refractivity contribution < 1.29 is 13.2 Å². The number of hydrogen-bond acceptors (Lipinski definition) is 2. The van der Waals surface area contributed by atoms with E-state index in [0.717, 1.165) is 37.9 Å². The minimum Gasteiger partial charge on any atom is -0.381 e. The molecule has 5 heteroatoms. The number of anilines is 1. The average Bonchev–Trinajstić information content (AvgIpc) is 2.68. The number of allylic oxidation sites excluding steroid dienone is 1. The lowest BCUT2D eigenvalue weighted by Gasteiger charge is -2.23. The van der Waals surface area contributed by atoms with E-state index in [-0.39, 0.29) is 17.9 Å². The molecule has 2 aromatic rings. The highest BCUT2D eigenvalue weighted by Crippen LogP contribution is 2.23. The fourth-order valence-electron chi connectivity index (χ4n) is 3.36. The van der Waals surface area contributed by atoms with E-state index in [4.69, 9.17) is 0 Å². The van der Waals surface area contributed by atoms with Crippen molar-refractivity contribution in [3.63, 3.8) is 0 Å². The summed E-state index contributed by atoms with van der Waals surface area (Å²) >= 11 is 0. The first-order valence-corrected chi connectivity index (χ1v) is 10.3. The lowest BCUT2D eigenvalue weighted by molar-refractivity contribution is 0.260. The molecule has 0 unspecified atom stereocenters.